The summed E-state index contributed by atoms with van der Waals surface area (Å²) in [4.78, 5) is 9.66. The van der Waals surface area contributed by atoms with Crippen LogP contribution in [0.3, 0.4) is 0 Å². The van der Waals surface area contributed by atoms with Crippen molar-refractivity contribution in [3.8, 4) is 33.9 Å². The maximum atomic E-state index is 6.70. The van der Waals surface area contributed by atoms with Crippen LogP contribution in [0.2, 0.25) is 5.28 Å². The summed E-state index contributed by atoms with van der Waals surface area (Å²) in [7, 11) is 0. The van der Waals surface area contributed by atoms with E-state index in [0.717, 1.165) is 49.5 Å². The Labute approximate surface area is 262 Å². The van der Waals surface area contributed by atoms with E-state index in [0.29, 0.717) is 0 Å². The van der Waals surface area contributed by atoms with Gasteiger partial charge in [0.05, 0.1) is 21.3 Å². The summed E-state index contributed by atoms with van der Waals surface area (Å²) >= 11 is 8.42. The highest BCUT2D eigenvalue weighted by Gasteiger charge is 2.51. The molecule has 0 fully saturated rings. The minimum Gasteiger partial charge on any atom is -0.457 e. The molecule has 10 rings (SSSR count). The van der Waals surface area contributed by atoms with E-state index in [4.69, 9.17) is 26.3 Å². The van der Waals surface area contributed by atoms with Crippen LogP contribution in [0, 0.1) is 0 Å². The zero-order valence-electron chi connectivity index (χ0n) is 23.2. The van der Waals surface area contributed by atoms with Gasteiger partial charge in [-0.3, -0.25) is 0 Å². The summed E-state index contributed by atoms with van der Waals surface area (Å²) in [5.74, 6) is 1.75. The fourth-order valence-electron chi connectivity index (χ4n) is 7.58. The van der Waals surface area contributed by atoms with E-state index in [1.807, 2.05) is 0 Å². The van der Waals surface area contributed by atoms with E-state index >= 15 is 0 Å². The molecule has 0 unspecified atom stereocenters. The third kappa shape index (κ3) is 3.06. The summed E-state index contributed by atoms with van der Waals surface area (Å²) in [5.41, 5.74) is 9.34. The largest absolute Gasteiger partial charge is 0.457 e. The molecule has 3 heterocycles. The lowest BCUT2D eigenvalue weighted by molar-refractivity contribution is 0.436. The number of thiophene rings is 1. The molecule has 1 aliphatic heterocycles. The van der Waals surface area contributed by atoms with Crippen molar-refractivity contribution in [2.24, 2.45) is 0 Å². The Kier molecular flexibility index (Phi) is 4.86. The average Bonchev–Trinajstić information content (AvgIpc) is 3.57. The molecule has 0 amide bonds. The fourth-order valence-corrected chi connectivity index (χ4v) is 8.89. The van der Waals surface area contributed by atoms with Crippen molar-refractivity contribution in [2.75, 3.05) is 0 Å². The summed E-state index contributed by atoms with van der Waals surface area (Å²) in [6.45, 7) is 0. The van der Waals surface area contributed by atoms with Gasteiger partial charge in [0.25, 0.3) is 0 Å². The molecule has 0 saturated carbocycles. The monoisotopic (exact) mass is 600 g/mol. The Morgan fingerprint density at radius 1 is 0.591 bits per heavy atom. The number of fused-ring (bicyclic) bond motifs is 13. The second-order valence-corrected chi connectivity index (χ2v) is 12.8. The van der Waals surface area contributed by atoms with Gasteiger partial charge < -0.3 is 4.74 Å². The Bertz CT molecular complexity index is 2470. The molecule has 0 radical (unpaired) electrons. The van der Waals surface area contributed by atoms with Crippen LogP contribution in [0.4, 0.5) is 0 Å². The quantitative estimate of drug-likeness (QED) is 0.176. The van der Waals surface area contributed by atoms with Crippen LogP contribution in [0.1, 0.15) is 22.3 Å². The average molecular weight is 601 g/mol. The molecule has 44 heavy (non-hydrogen) atoms. The molecule has 5 heteroatoms. The standard InChI is InChI=1S/C39H21ClN2OS/c40-38-41-35-24-12-3-8-19-33(24)44-37(35)36(42-38)25-13-9-16-29-34(25)26-20-22-10-1-2-11-23(22)21-30(26)39(29)27-14-4-6-17-31(27)43-32-18-7-5-15-28(32)39/h1-21H. The van der Waals surface area contributed by atoms with E-state index in [9.17, 15) is 0 Å². The normalized spacial score (nSPS) is 13.9. The van der Waals surface area contributed by atoms with Crippen LogP contribution in [-0.4, -0.2) is 9.97 Å². The third-order valence-electron chi connectivity index (χ3n) is 9.28. The number of hydrogen-bond donors (Lipinski definition) is 0. The van der Waals surface area contributed by atoms with E-state index < -0.39 is 5.41 Å². The van der Waals surface area contributed by atoms with Gasteiger partial charge in [-0.25, -0.2) is 9.97 Å². The van der Waals surface area contributed by atoms with E-state index in [1.165, 1.54) is 37.7 Å². The molecule has 0 atom stereocenters. The number of para-hydroxylation sites is 2. The van der Waals surface area contributed by atoms with Gasteiger partial charge in [0.2, 0.25) is 5.28 Å². The van der Waals surface area contributed by atoms with Crippen molar-refractivity contribution in [3.63, 3.8) is 0 Å². The molecule has 6 aromatic carbocycles. The van der Waals surface area contributed by atoms with Gasteiger partial charge in [0.1, 0.15) is 11.5 Å². The number of ether oxygens (including phenoxy) is 1. The number of benzene rings is 6. The van der Waals surface area contributed by atoms with E-state index in [-0.39, 0.29) is 5.28 Å². The van der Waals surface area contributed by atoms with Crippen molar-refractivity contribution in [1.29, 1.82) is 0 Å². The lowest BCUT2D eigenvalue weighted by Crippen LogP contribution is -2.32. The van der Waals surface area contributed by atoms with Gasteiger partial charge in [-0.1, -0.05) is 97.1 Å². The highest BCUT2D eigenvalue weighted by atomic mass is 35.5. The molecule has 0 N–H and O–H groups in total. The highest BCUT2D eigenvalue weighted by molar-refractivity contribution is 7.26. The lowest BCUT2D eigenvalue weighted by atomic mass is 9.66. The van der Waals surface area contributed by atoms with Gasteiger partial charge in [0, 0.05) is 26.8 Å². The third-order valence-corrected chi connectivity index (χ3v) is 10.6. The Morgan fingerprint density at radius 3 is 2.05 bits per heavy atom. The van der Waals surface area contributed by atoms with Crippen LogP contribution in [-0.2, 0) is 5.41 Å². The van der Waals surface area contributed by atoms with Crippen LogP contribution < -0.4 is 4.74 Å². The van der Waals surface area contributed by atoms with Crippen molar-refractivity contribution in [3.05, 3.63) is 155 Å². The predicted octanol–water partition coefficient (Wildman–Crippen LogP) is 10.8. The summed E-state index contributed by atoms with van der Waals surface area (Å²) in [6, 6.07) is 45.3. The summed E-state index contributed by atoms with van der Waals surface area (Å²) in [6.07, 6.45) is 0. The van der Waals surface area contributed by atoms with Crippen molar-refractivity contribution >= 4 is 54.0 Å². The predicted molar refractivity (Wildman–Crippen MR) is 180 cm³/mol. The topological polar surface area (TPSA) is 35.0 Å². The fraction of sp³-hybridized carbons (Fsp3) is 0.0256. The minimum absolute atomic E-state index is 0.252. The first-order valence-electron chi connectivity index (χ1n) is 14.6. The number of nitrogens with zero attached hydrogens (tertiary/aromatic N) is 2. The molecular weight excluding hydrogens is 580 g/mol. The van der Waals surface area contributed by atoms with E-state index in [1.54, 1.807) is 11.3 Å². The van der Waals surface area contributed by atoms with Gasteiger partial charge in [-0.05, 0) is 75.0 Å². The first-order valence-corrected chi connectivity index (χ1v) is 15.8. The lowest BCUT2D eigenvalue weighted by Gasteiger charge is -2.39. The minimum atomic E-state index is -0.577. The molecule has 8 aromatic rings. The Morgan fingerprint density at radius 2 is 1.25 bits per heavy atom. The second-order valence-electron chi connectivity index (χ2n) is 11.4. The first kappa shape index (κ1) is 24.4. The van der Waals surface area contributed by atoms with Gasteiger partial charge >= 0.3 is 0 Å². The van der Waals surface area contributed by atoms with Gasteiger partial charge in [-0.2, -0.15) is 0 Å². The summed E-state index contributed by atoms with van der Waals surface area (Å²) in [5, 5.41) is 3.76. The maximum Gasteiger partial charge on any atom is 0.223 e. The Hall–Kier alpha value is -5.03. The van der Waals surface area contributed by atoms with Crippen LogP contribution in [0.25, 0.3) is 53.5 Å². The Balaban J connectivity index is 1.40. The molecule has 1 spiro atoms. The van der Waals surface area contributed by atoms with Crippen LogP contribution in [0.15, 0.2) is 127 Å². The molecule has 2 aliphatic rings. The van der Waals surface area contributed by atoms with Gasteiger partial charge in [-0.15, -0.1) is 11.3 Å². The molecule has 0 bridgehead atoms. The number of halogens is 1. The van der Waals surface area contributed by atoms with Crippen LogP contribution >= 0.6 is 22.9 Å². The molecule has 206 valence electrons. The molecule has 0 saturated heterocycles. The van der Waals surface area contributed by atoms with E-state index in [2.05, 4.69) is 127 Å². The zero-order chi connectivity index (χ0) is 29.0. The zero-order valence-corrected chi connectivity index (χ0v) is 24.8. The van der Waals surface area contributed by atoms with Crippen molar-refractivity contribution in [2.45, 2.75) is 5.41 Å². The molecule has 1 aliphatic carbocycles. The molecular formula is C39H21ClN2OS. The van der Waals surface area contributed by atoms with Crippen molar-refractivity contribution < 1.29 is 4.74 Å². The number of aromatic nitrogens is 2. The first-order chi connectivity index (χ1) is 21.7. The molecule has 3 nitrogen and oxygen atoms in total. The van der Waals surface area contributed by atoms with Gasteiger partial charge in [0.15, 0.2) is 0 Å². The van der Waals surface area contributed by atoms with Crippen LogP contribution in [0.5, 0.6) is 11.5 Å². The smallest absolute Gasteiger partial charge is 0.223 e. The summed E-state index contributed by atoms with van der Waals surface area (Å²) < 4.78 is 8.78. The maximum absolute atomic E-state index is 6.70. The second kappa shape index (κ2) is 8.76. The molecule has 2 aromatic heterocycles. The SMILES string of the molecule is Clc1nc(-c2cccc3c2-c2cc4ccccc4cc2C32c3ccccc3Oc3ccccc32)c2sc3ccccc3c2n1. The number of rotatable bonds is 1. The number of hydrogen-bond acceptors (Lipinski definition) is 4. The highest BCUT2D eigenvalue weighted by Crippen LogP contribution is 2.64. The van der Waals surface area contributed by atoms with Crippen molar-refractivity contribution in [1.82, 2.24) is 9.97 Å².